The molecule has 0 bridgehead atoms. The van der Waals surface area contributed by atoms with Crippen LogP contribution in [0.1, 0.15) is 34.1 Å². The molecular formula is C13H24O3. The highest BCUT2D eigenvalue weighted by Gasteiger charge is 2.12. The van der Waals surface area contributed by atoms with E-state index in [1.807, 2.05) is 13.0 Å². The molecule has 0 radical (unpaired) electrons. The van der Waals surface area contributed by atoms with Crippen molar-refractivity contribution in [2.24, 2.45) is 17.8 Å². The fourth-order valence-corrected chi connectivity index (χ4v) is 1.23. The minimum Gasteiger partial charge on any atom is -0.466 e. The molecule has 0 aromatic rings. The van der Waals surface area contributed by atoms with Crippen molar-refractivity contribution in [1.29, 1.82) is 0 Å². The third-order valence-electron chi connectivity index (χ3n) is 2.78. The molecule has 0 amide bonds. The minimum atomic E-state index is -0.219. The molecule has 16 heavy (non-hydrogen) atoms. The van der Waals surface area contributed by atoms with Crippen molar-refractivity contribution >= 4 is 5.97 Å². The SMILES string of the molecule is CC(=O)OC[C@H](C)[C@H](C)C/C=C\[C@H](C)CO. The van der Waals surface area contributed by atoms with Gasteiger partial charge in [0.1, 0.15) is 0 Å². The Hall–Kier alpha value is -0.830. The molecule has 0 heterocycles. The highest BCUT2D eigenvalue weighted by molar-refractivity contribution is 5.65. The summed E-state index contributed by atoms with van der Waals surface area (Å²) in [5.41, 5.74) is 0. The quantitative estimate of drug-likeness (QED) is 0.537. The Kier molecular flexibility index (Phi) is 7.90. The predicted molar refractivity (Wildman–Crippen MR) is 65.0 cm³/mol. The highest BCUT2D eigenvalue weighted by atomic mass is 16.5. The first-order valence-electron chi connectivity index (χ1n) is 5.88. The van der Waals surface area contributed by atoms with Gasteiger partial charge in [0.05, 0.1) is 6.61 Å². The molecule has 0 unspecified atom stereocenters. The molecule has 0 aliphatic heterocycles. The van der Waals surface area contributed by atoms with Crippen LogP contribution >= 0.6 is 0 Å². The summed E-state index contributed by atoms with van der Waals surface area (Å²) in [7, 11) is 0. The van der Waals surface area contributed by atoms with E-state index in [9.17, 15) is 4.79 Å². The minimum absolute atomic E-state index is 0.188. The highest BCUT2D eigenvalue weighted by Crippen LogP contribution is 2.16. The lowest BCUT2D eigenvalue weighted by molar-refractivity contribution is -0.142. The van der Waals surface area contributed by atoms with Gasteiger partial charge in [0.15, 0.2) is 0 Å². The van der Waals surface area contributed by atoms with Gasteiger partial charge in [0.25, 0.3) is 0 Å². The number of esters is 1. The summed E-state index contributed by atoms with van der Waals surface area (Å²) >= 11 is 0. The normalized spacial score (nSPS) is 17.1. The molecule has 0 saturated carbocycles. The van der Waals surface area contributed by atoms with E-state index in [0.717, 1.165) is 6.42 Å². The van der Waals surface area contributed by atoms with Crippen LogP contribution in [0.4, 0.5) is 0 Å². The van der Waals surface area contributed by atoms with E-state index in [4.69, 9.17) is 9.84 Å². The molecule has 0 aliphatic rings. The first-order valence-corrected chi connectivity index (χ1v) is 5.88. The van der Waals surface area contributed by atoms with Crippen LogP contribution < -0.4 is 0 Å². The van der Waals surface area contributed by atoms with E-state index < -0.39 is 0 Å². The van der Waals surface area contributed by atoms with Crippen molar-refractivity contribution in [3.63, 3.8) is 0 Å². The number of carbonyl (C=O) groups is 1. The van der Waals surface area contributed by atoms with Crippen LogP contribution in [0.5, 0.6) is 0 Å². The molecule has 0 aromatic heterocycles. The van der Waals surface area contributed by atoms with E-state index in [2.05, 4.69) is 19.9 Å². The third kappa shape index (κ3) is 7.46. The molecule has 3 atom stereocenters. The number of aliphatic hydroxyl groups excluding tert-OH is 1. The first kappa shape index (κ1) is 15.2. The maximum atomic E-state index is 10.6. The van der Waals surface area contributed by atoms with E-state index in [0.29, 0.717) is 18.4 Å². The zero-order valence-electron chi connectivity index (χ0n) is 10.8. The smallest absolute Gasteiger partial charge is 0.302 e. The Morgan fingerprint density at radius 1 is 1.31 bits per heavy atom. The number of carbonyl (C=O) groups excluding carboxylic acids is 1. The van der Waals surface area contributed by atoms with Crippen molar-refractivity contribution < 1.29 is 14.6 Å². The van der Waals surface area contributed by atoms with Gasteiger partial charge in [-0.2, -0.15) is 0 Å². The second-order valence-corrected chi connectivity index (χ2v) is 4.58. The lowest BCUT2D eigenvalue weighted by Crippen LogP contribution is -2.16. The summed E-state index contributed by atoms with van der Waals surface area (Å²) in [6, 6.07) is 0. The predicted octanol–water partition coefficient (Wildman–Crippen LogP) is 2.40. The summed E-state index contributed by atoms with van der Waals surface area (Å²) in [6.07, 6.45) is 5.07. The molecule has 0 rings (SSSR count). The van der Waals surface area contributed by atoms with Gasteiger partial charge in [-0.05, 0) is 24.2 Å². The fraction of sp³-hybridized carbons (Fsp3) is 0.769. The summed E-state index contributed by atoms with van der Waals surface area (Å²) < 4.78 is 4.97. The van der Waals surface area contributed by atoms with Crippen LogP contribution in [0.3, 0.4) is 0 Å². The van der Waals surface area contributed by atoms with Gasteiger partial charge in [0.2, 0.25) is 0 Å². The first-order chi connectivity index (χ1) is 7.47. The Morgan fingerprint density at radius 2 is 1.94 bits per heavy atom. The second kappa shape index (κ2) is 8.34. The van der Waals surface area contributed by atoms with Gasteiger partial charge in [-0.25, -0.2) is 0 Å². The molecule has 0 spiro atoms. The number of hydrogen-bond donors (Lipinski definition) is 1. The Morgan fingerprint density at radius 3 is 2.44 bits per heavy atom. The lowest BCUT2D eigenvalue weighted by Gasteiger charge is -2.17. The molecule has 94 valence electrons. The van der Waals surface area contributed by atoms with Gasteiger partial charge >= 0.3 is 5.97 Å². The molecule has 1 N–H and O–H groups in total. The maximum absolute atomic E-state index is 10.6. The largest absolute Gasteiger partial charge is 0.466 e. The molecule has 0 aliphatic carbocycles. The third-order valence-corrected chi connectivity index (χ3v) is 2.78. The average molecular weight is 228 g/mol. The van der Waals surface area contributed by atoms with Crippen LogP contribution in [0.25, 0.3) is 0 Å². The monoisotopic (exact) mass is 228 g/mol. The molecule has 0 saturated heterocycles. The molecule has 0 aromatic carbocycles. The van der Waals surface area contributed by atoms with Gasteiger partial charge in [-0.1, -0.05) is 32.9 Å². The van der Waals surface area contributed by atoms with Crippen molar-refractivity contribution in [3.8, 4) is 0 Å². The fourth-order valence-electron chi connectivity index (χ4n) is 1.23. The second-order valence-electron chi connectivity index (χ2n) is 4.58. The van der Waals surface area contributed by atoms with E-state index in [-0.39, 0.29) is 18.5 Å². The van der Waals surface area contributed by atoms with Gasteiger partial charge in [0, 0.05) is 13.5 Å². The number of ether oxygens (including phenoxy) is 1. The van der Waals surface area contributed by atoms with E-state index >= 15 is 0 Å². The maximum Gasteiger partial charge on any atom is 0.302 e. The molecule has 3 heteroatoms. The van der Waals surface area contributed by atoms with Crippen molar-refractivity contribution in [2.45, 2.75) is 34.1 Å². The van der Waals surface area contributed by atoms with Crippen LogP contribution in [0.2, 0.25) is 0 Å². The molecular weight excluding hydrogens is 204 g/mol. The summed E-state index contributed by atoms with van der Waals surface area (Å²) in [4.78, 5) is 10.6. The van der Waals surface area contributed by atoms with Gasteiger partial charge in [-0.3, -0.25) is 4.79 Å². The van der Waals surface area contributed by atoms with Crippen LogP contribution in [-0.2, 0) is 9.53 Å². The summed E-state index contributed by atoms with van der Waals surface area (Å²) in [6.45, 7) is 8.30. The Balaban J connectivity index is 3.82. The zero-order chi connectivity index (χ0) is 12.6. The van der Waals surface area contributed by atoms with Crippen molar-refractivity contribution in [2.75, 3.05) is 13.2 Å². The molecule has 3 nitrogen and oxygen atoms in total. The Bertz CT molecular complexity index is 223. The van der Waals surface area contributed by atoms with Crippen molar-refractivity contribution in [3.05, 3.63) is 12.2 Å². The summed E-state index contributed by atoms with van der Waals surface area (Å²) in [5, 5.41) is 8.85. The van der Waals surface area contributed by atoms with E-state index in [1.165, 1.54) is 6.92 Å². The zero-order valence-corrected chi connectivity index (χ0v) is 10.8. The van der Waals surface area contributed by atoms with Crippen molar-refractivity contribution in [1.82, 2.24) is 0 Å². The summed E-state index contributed by atoms with van der Waals surface area (Å²) in [5.74, 6) is 0.832. The number of rotatable bonds is 7. The standard InChI is InChI=1S/C13H24O3/c1-10(8-14)6-5-7-11(2)12(3)9-16-13(4)15/h5-6,10-12,14H,7-9H2,1-4H3/b6-5-/t10-,11+,12-/m0/s1. The van der Waals surface area contributed by atoms with E-state index in [1.54, 1.807) is 0 Å². The van der Waals surface area contributed by atoms with Crippen LogP contribution in [0, 0.1) is 17.8 Å². The lowest BCUT2D eigenvalue weighted by atomic mass is 9.93. The molecule has 0 fully saturated rings. The Labute approximate surface area is 98.5 Å². The topological polar surface area (TPSA) is 46.5 Å². The number of aliphatic hydroxyl groups is 1. The number of allylic oxidation sites excluding steroid dienone is 1. The van der Waals surface area contributed by atoms with Crippen LogP contribution in [-0.4, -0.2) is 24.3 Å². The van der Waals surface area contributed by atoms with Gasteiger partial charge in [-0.15, -0.1) is 0 Å². The van der Waals surface area contributed by atoms with Crippen LogP contribution in [0.15, 0.2) is 12.2 Å². The number of hydrogen-bond acceptors (Lipinski definition) is 3. The average Bonchev–Trinajstić information content (AvgIpc) is 2.25. The van der Waals surface area contributed by atoms with Gasteiger partial charge < -0.3 is 9.84 Å².